The highest BCUT2D eigenvalue weighted by atomic mass is 19.4. The molecule has 2 aromatic carbocycles. The molecule has 3 heterocycles. The molecule has 1 saturated heterocycles. The van der Waals surface area contributed by atoms with Crippen LogP contribution in [0, 0.1) is 12.7 Å². The van der Waals surface area contributed by atoms with Gasteiger partial charge < -0.3 is 15.1 Å². The summed E-state index contributed by atoms with van der Waals surface area (Å²) >= 11 is 0. The van der Waals surface area contributed by atoms with E-state index in [-0.39, 0.29) is 25.9 Å². The predicted octanol–water partition coefficient (Wildman–Crippen LogP) is 4.26. The Morgan fingerprint density at radius 1 is 1.29 bits per heavy atom. The van der Waals surface area contributed by atoms with Crippen LogP contribution in [0.2, 0.25) is 0 Å². The lowest BCUT2D eigenvalue weighted by Gasteiger charge is -2.28. The molecule has 7 nitrogen and oxygen atoms in total. The third-order valence-corrected chi connectivity index (χ3v) is 6.36. The van der Waals surface area contributed by atoms with Crippen molar-refractivity contribution in [1.29, 1.82) is 0 Å². The molecule has 2 N–H and O–H groups in total. The first-order valence-electron chi connectivity index (χ1n) is 10.8. The monoisotopic (exact) mass is 475 g/mol. The Kier molecular flexibility index (Phi) is 5.22. The predicted molar refractivity (Wildman–Crippen MR) is 116 cm³/mol. The molecule has 2 aliphatic heterocycles. The Hall–Kier alpha value is -3.63. The van der Waals surface area contributed by atoms with E-state index in [1.807, 2.05) is 0 Å². The van der Waals surface area contributed by atoms with Crippen molar-refractivity contribution in [2.24, 2.45) is 0 Å². The molecule has 3 aromatic rings. The van der Waals surface area contributed by atoms with Crippen LogP contribution < -0.4 is 5.32 Å². The number of H-pyrrole nitrogens is 1. The topological polar surface area (TPSA) is 81.3 Å². The quantitative estimate of drug-likeness (QED) is 0.553. The maximum Gasteiger partial charge on any atom is 0.408 e. The molecule has 2 aliphatic rings. The Morgan fingerprint density at radius 2 is 2.09 bits per heavy atom. The largest absolute Gasteiger partial charge is 0.408 e. The van der Waals surface area contributed by atoms with Crippen LogP contribution in [0.15, 0.2) is 30.3 Å². The van der Waals surface area contributed by atoms with Gasteiger partial charge in [0.25, 0.3) is 5.91 Å². The number of rotatable bonds is 4. The molecule has 2 amide bonds. The number of fused-ring (bicyclic) bond motifs is 2. The van der Waals surface area contributed by atoms with Crippen molar-refractivity contribution >= 4 is 34.1 Å². The molecule has 11 heteroatoms. The first-order chi connectivity index (χ1) is 16.1. The standard InChI is InChI=1S/C23H21F4N5O2/c1-12-20-15(24)8-14(9-17(20)30-29-12)28-16-5-2-4-13-10-31(22(34)21(13)16)11-19(33)32-7-3-6-18(32)23(25,26)27/h2,4-5,8-9,18,28H,3,6-7,10-11H2,1H3,(H,29,30). The summed E-state index contributed by atoms with van der Waals surface area (Å²) in [6.07, 6.45) is -4.35. The SMILES string of the molecule is Cc1[nH]nc2cc(Nc3cccc4c3C(=O)N(CC(=O)N3CCCC3C(F)(F)F)C4)cc(F)c12. The number of benzene rings is 2. The van der Waals surface area contributed by atoms with Gasteiger partial charge in [0.05, 0.1) is 22.2 Å². The molecule has 0 bridgehead atoms. The molecule has 5 rings (SSSR count). The number of nitrogens with zero attached hydrogens (tertiary/aromatic N) is 3. The highest BCUT2D eigenvalue weighted by Crippen LogP contribution is 2.35. The number of halogens is 4. The number of likely N-dealkylation sites (tertiary alicyclic amines) is 1. The van der Waals surface area contributed by atoms with Crippen molar-refractivity contribution < 1.29 is 27.2 Å². The van der Waals surface area contributed by atoms with Gasteiger partial charge in [-0.25, -0.2) is 4.39 Å². The molecule has 178 valence electrons. The van der Waals surface area contributed by atoms with Crippen LogP contribution in [0.5, 0.6) is 0 Å². The summed E-state index contributed by atoms with van der Waals surface area (Å²) < 4.78 is 54.3. The maximum atomic E-state index is 14.6. The highest BCUT2D eigenvalue weighted by molar-refractivity contribution is 6.05. The van der Waals surface area contributed by atoms with Crippen LogP contribution in [0.25, 0.3) is 10.9 Å². The zero-order chi connectivity index (χ0) is 24.2. The minimum atomic E-state index is -4.50. The van der Waals surface area contributed by atoms with Crippen LogP contribution >= 0.6 is 0 Å². The van der Waals surface area contributed by atoms with Gasteiger partial charge in [0.1, 0.15) is 18.4 Å². The van der Waals surface area contributed by atoms with Gasteiger partial charge in [-0.05, 0) is 43.5 Å². The van der Waals surface area contributed by atoms with Gasteiger partial charge in [-0.1, -0.05) is 12.1 Å². The van der Waals surface area contributed by atoms with E-state index >= 15 is 0 Å². The van der Waals surface area contributed by atoms with Crippen LogP contribution in [-0.4, -0.2) is 57.1 Å². The number of nitrogens with one attached hydrogen (secondary N) is 2. The summed E-state index contributed by atoms with van der Waals surface area (Å²) in [5.74, 6) is -1.66. The van der Waals surface area contributed by atoms with Crippen molar-refractivity contribution in [3.8, 4) is 0 Å². The number of carbonyl (C=O) groups excluding carboxylic acids is 2. The smallest absolute Gasteiger partial charge is 0.355 e. The summed E-state index contributed by atoms with van der Waals surface area (Å²) in [4.78, 5) is 27.8. The lowest BCUT2D eigenvalue weighted by atomic mass is 10.1. The van der Waals surface area contributed by atoms with Crippen molar-refractivity contribution in [2.45, 2.75) is 38.5 Å². The number of amides is 2. The maximum absolute atomic E-state index is 14.6. The second-order valence-electron chi connectivity index (χ2n) is 8.61. The number of aryl methyl sites for hydroxylation is 1. The average molecular weight is 475 g/mol. The number of alkyl halides is 3. The lowest BCUT2D eigenvalue weighted by Crippen LogP contribution is -2.48. The average Bonchev–Trinajstić information content (AvgIpc) is 3.47. The fourth-order valence-corrected chi connectivity index (χ4v) is 4.79. The van der Waals surface area contributed by atoms with Crippen molar-refractivity contribution in [1.82, 2.24) is 20.0 Å². The van der Waals surface area contributed by atoms with E-state index in [4.69, 9.17) is 0 Å². The fraction of sp³-hybridized carbons (Fsp3) is 0.348. The Bertz CT molecular complexity index is 1300. The van der Waals surface area contributed by atoms with Gasteiger partial charge in [0, 0.05) is 24.5 Å². The van der Waals surface area contributed by atoms with Crippen LogP contribution in [0.4, 0.5) is 28.9 Å². The Morgan fingerprint density at radius 3 is 2.85 bits per heavy atom. The number of aromatic amines is 1. The second-order valence-corrected chi connectivity index (χ2v) is 8.61. The minimum Gasteiger partial charge on any atom is -0.355 e. The van der Waals surface area contributed by atoms with Crippen molar-refractivity contribution in [3.63, 3.8) is 0 Å². The van der Waals surface area contributed by atoms with Crippen LogP contribution in [0.1, 0.15) is 34.5 Å². The zero-order valence-electron chi connectivity index (χ0n) is 18.2. The van der Waals surface area contributed by atoms with E-state index in [1.165, 1.54) is 11.0 Å². The van der Waals surface area contributed by atoms with Crippen LogP contribution in [-0.2, 0) is 11.3 Å². The van der Waals surface area contributed by atoms with Crippen molar-refractivity contribution in [3.05, 3.63) is 53.0 Å². The lowest BCUT2D eigenvalue weighted by molar-refractivity contribution is -0.182. The second kappa shape index (κ2) is 8.00. The van der Waals surface area contributed by atoms with Gasteiger partial charge >= 0.3 is 6.18 Å². The van der Waals surface area contributed by atoms with Gasteiger partial charge in [-0.15, -0.1) is 0 Å². The summed E-state index contributed by atoms with van der Waals surface area (Å²) in [6, 6.07) is 6.22. The van der Waals surface area contributed by atoms with Crippen molar-refractivity contribution in [2.75, 3.05) is 18.4 Å². The first-order valence-corrected chi connectivity index (χ1v) is 10.8. The number of hydrogen-bond acceptors (Lipinski definition) is 4. The molecular formula is C23H21F4N5O2. The third kappa shape index (κ3) is 3.74. The molecule has 1 atom stereocenters. The van der Waals surface area contributed by atoms with E-state index < -0.39 is 36.4 Å². The third-order valence-electron chi connectivity index (χ3n) is 6.36. The summed E-state index contributed by atoms with van der Waals surface area (Å²) in [5, 5.41) is 10.2. The van der Waals surface area contributed by atoms with Gasteiger partial charge in [-0.2, -0.15) is 18.3 Å². The normalized spacial score (nSPS) is 18.1. The van der Waals surface area contributed by atoms with E-state index in [2.05, 4.69) is 15.5 Å². The van der Waals surface area contributed by atoms with E-state index in [0.717, 1.165) is 4.90 Å². The highest BCUT2D eigenvalue weighted by Gasteiger charge is 2.48. The molecule has 0 aliphatic carbocycles. The fourth-order valence-electron chi connectivity index (χ4n) is 4.79. The molecule has 1 fully saturated rings. The van der Waals surface area contributed by atoms with E-state index in [1.54, 1.807) is 31.2 Å². The summed E-state index contributed by atoms with van der Waals surface area (Å²) in [5.41, 5.74) is 2.77. The van der Waals surface area contributed by atoms with Gasteiger partial charge in [-0.3, -0.25) is 14.7 Å². The molecule has 0 saturated carbocycles. The number of carbonyl (C=O) groups is 2. The van der Waals surface area contributed by atoms with E-state index in [9.17, 15) is 27.2 Å². The molecule has 0 radical (unpaired) electrons. The molecular weight excluding hydrogens is 454 g/mol. The van der Waals surface area contributed by atoms with Crippen LogP contribution in [0.3, 0.4) is 0 Å². The van der Waals surface area contributed by atoms with Gasteiger partial charge in [0.2, 0.25) is 5.91 Å². The number of aromatic nitrogens is 2. The number of anilines is 2. The molecule has 1 unspecified atom stereocenters. The Labute approximate surface area is 191 Å². The Balaban J connectivity index is 1.36. The van der Waals surface area contributed by atoms with Gasteiger partial charge in [0.15, 0.2) is 0 Å². The van der Waals surface area contributed by atoms with E-state index in [0.29, 0.717) is 39.1 Å². The molecule has 34 heavy (non-hydrogen) atoms. The zero-order valence-corrected chi connectivity index (χ0v) is 18.2. The summed E-state index contributed by atoms with van der Waals surface area (Å²) in [7, 11) is 0. The minimum absolute atomic E-state index is 0.0193. The number of hydrogen-bond donors (Lipinski definition) is 2. The summed E-state index contributed by atoms with van der Waals surface area (Å²) in [6.45, 7) is 1.40. The molecule has 0 spiro atoms. The first kappa shape index (κ1) is 22.2. The molecule has 1 aromatic heterocycles.